The number of nitrogens with zero attached hydrogens (tertiary/aromatic N) is 1. The number of nitrogens with two attached hydrogens (primary N) is 1. The van der Waals surface area contributed by atoms with E-state index in [1.54, 1.807) is 11.8 Å². The monoisotopic (exact) mass is 292 g/mol. The fraction of sp³-hybridized carbons (Fsp3) is 0.562. The lowest BCUT2D eigenvalue weighted by molar-refractivity contribution is -0.142. The zero-order chi connectivity index (χ0) is 15.2. The molecule has 116 valence electrons. The molecule has 21 heavy (non-hydrogen) atoms. The van der Waals surface area contributed by atoms with Crippen LogP contribution in [0.15, 0.2) is 24.3 Å². The predicted octanol–water partition coefficient (Wildman–Crippen LogP) is 1.72. The summed E-state index contributed by atoms with van der Waals surface area (Å²) in [7, 11) is 0. The molecule has 5 heteroatoms. The smallest absolute Gasteiger partial charge is 0.263 e. The molecule has 0 aliphatic carbocycles. The van der Waals surface area contributed by atoms with Gasteiger partial charge in [0.2, 0.25) is 0 Å². The third kappa shape index (κ3) is 3.95. The van der Waals surface area contributed by atoms with E-state index in [4.69, 9.17) is 15.2 Å². The van der Waals surface area contributed by atoms with Crippen molar-refractivity contribution in [3.05, 3.63) is 29.8 Å². The van der Waals surface area contributed by atoms with E-state index in [0.717, 1.165) is 12.0 Å². The van der Waals surface area contributed by atoms with E-state index in [9.17, 15) is 4.79 Å². The van der Waals surface area contributed by atoms with Crippen molar-refractivity contribution in [2.75, 3.05) is 26.3 Å². The van der Waals surface area contributed by atoms with Crippen LogP contribution in [0.25, 0.3) is 0 Å². The van der Waals surface area contributed by atoms with Gasteiger partial charge in [-0.1, -0.05) is 25.1 Å². The molecule has 0 aromatic heterocycles. The molecule has 1 aliphatic rings. The minimum Gasteiger partial charge on any atom is -0.481 e. The highest BCUT2D eigenvalue weighted by Gasteiger charge is 2.24. The summed E-state index contributed by atoms with van der Waals surface area (Å²) < 4.78 is 11.1. The minimum atomic E-state index is -0.520. The lowest BCUT2D eigenvalue weighted by atomic mass is 10.0. The lowest BCUT2D eigenvalue weighted by Gasteiger charge is -2.29. The van der Waals surface area contributed by atoms with E-state index >= 15 is 0 Å². The minimum absolute atomic E-state index is 0.00169. The van der Waals surface area contributed by atoms with Crippen molar-refractivity contribution in [3.63, 3.8) is 0 Å². The molecule has 2 rings (SSSR count). The van der Waals surface area contributed by atoms with E-state index in [1.807, 2.05) is 31.2 Å². The van der Waals surface area contributed by atoms with E-state index in [0.29, 0.717) is 32.1 Å². The maximum atomic E-state index is 12.4. The van der Waals surface area contributed by atoms with Crippen LogP contribution in [0.2, 0.25) is 0 Å². The van der Waals surface area contributed by atoms with Gasteiger partial charge >= 0.3 is 0 Å². The van der Waals surface area contributed by atoms with Crippen LogP contribution < -0.4 is 10.5 Å². The molecule has 2 atom stereocenters. The van der Waals surface area contributed by atoms with Crippen LogP contribution in [0.3, 0.4) is 0 Å². The molecular weight excluding hydrogens is 268 g/mol. The molecule has 1 unspecified atom stereocenters. The van der Waals surface area contributed by atoms with E-state index < -0.39 is 6.10 Å². The second-order valence-electron chi connectivity index (χ2n) is 5.25. The van der Waals surface area contributed by atoms with Crippen LogP contribution in [-0.2, 0) is 9.53 Å². The fourth-order valence-corrected chi connectivity index (χ4v) is 2.40. The van der Waals surface area contributed by atoms with Crippen LogP contribution in [-0.4, -0.2) is 43.2 Å². The second kappa shape index (κ2) is 7.43. The van der Waals surface area contributed by atoms with Crippen LogP contribution in [0.5, 0.6) is 5.75 Å². The third-order valence-corrected chi connectivity index (χ3v) is 3.73. The first-order chi connectivity index (χ1) is 10.1. The van der Waals surface area contributed by atoms with Gasteiger partial charge in [-0.15, -0.1) is 0 Å². The number of hydrogen-bond donors (Lipinski definition) is 1. The molecule has 1 aliphatic heterocycles. The topological polar surface area (TPSA) is 64.8 Å². The number of carbonyl (C=O) groups excluding carboxylic acids is 1. The van der Waals surface area contributed by atoms with Gasteiger partial charge in [-0.05, 0) is 19.4 Å². The number of benzene rings is 1. The van der Waals surface area contributed by atoms with Gasteiger partial charge in [-0.25, -0.2) is 0 Å². The Bertz CT molecular complexity index is 472. The number of amides is 1. The summed E-state index contributed by atoms with van der Waals surface area (Å²) in [5, 5.41) is 0. The lowest BCUT2D eigenvalue weighted by Crippen LogP contribution is -2.46. The standard InChI is InChI=1S/C16H24N2O3/c1-3-14(17)13-6-4-5-7-15(13)21-12(2)16(19)18-8-10-20-11-9-18/h4-7,12,14H,3,8-11,17H2,1-2H3/t12?,14-/m0/s1. The second-order valence-corrected chi connectivity index (χ2v) is 5.25. The van der Waals surface area contributed by atoms with Crippen LogP contribution in [0, 0.1) is 0 Å². The van der Waals surface area contributed by atoms with Gasteiger partial charge in [0.25, 0.3) is 5.91 Å². The van der Waals surface area contributed by atoms with Gasteiger partial charge in [0.15, 0.2) is 6.10 Å². The van der Waals surface area contributed by atoms with Crippen molar-refractivity contribution >= 4 is 5.91 Å². The van der Waals surface area contributed by atoms with Crippen LogP contribution in [0.4, 0.5) is 0 Å². The van der Waals surface area contributed by atoms with Crippen molar-refractivity contribution < 1.29 is 14.3 Å². The average Bonchev–Trinajstić information content (AvgIpc) is 2.54. The first-order valence-corrected chi connectivity index (χ1v) is 7.51. The Morgan fingerprint density at radius 2 is 2.05 bits per heavy atom. The average molecular weight is 292 g/mol. The molecule has 2 N–H and O–H groups in total. The Hall–Kier alpha value is -1.59. The number of ether oxygens (including phenoxy) is 2. The quantitative estimate of drug-likeness (QED) is 0.897. The van der Waals surface area contributed by atoms with Gasteiger partial charge in [0.1, 0.15) is 5.75 Å². The number of hydrogen-bond acceptors (Lipinski definition) is 4. The summed E-state index contributed by atoms with van der Waals surface area (Å²) >= 11 is 0. The Morgan fingerprint density at radius 3 is 2.71 bits per heavy atom. The van der Waals surface area contributed by atoms with Crippen molar-refractivity contribution in [1.29, 1.82) is 0 Å². The summed E-state index contributed by atoms with van der Waals surface area (Å²) in [4.78, 5) is 14.2. The fourth-order valence-electron chi connectivity index (χ4n) is 2.40. The largest absolute Gasteiger partial charge is 0.481 e. The summed E-state index contributed by atoms with van der Waals surface area (Å²) in [6, 6.07) is 7.58. The van der Waals surface area contributed by atoms with E-state index in [-0.39, 0.29) is 11.9 Å². The normalized spacial score (nSPS) is 18.1. The molecule has 1 amide bonds. The molecule has 1 aromatic carbocycles. The number of para-hydroxylation sites is 1. The Labute approximate surface area is 126 Å². The zero-order valence-corrected chi connectivity index (χ0v) is 12.7. The molecule has 5 nitrogen and oxygen atoms in total. The maximum absolute atomic E-state index is 12.4. The zero-order valence-electron chi connectivity index (χ0n) is 12.7. The molecule has 1 aromatic rings. The molecule has 0 saturated carbocycles. The summed E-state index contributed by atoms with van der Waals surface area (Å²) in [5.41, 5.74) is 7.04. The maximum Gasteiger partial charge on any atom is 0.263 e. The molecule has 0 bridgehead atoms. The van der Waals surface area contributed by atoms with Gasteiger partial charge < -0.3 is 20.1 Å². The number of carbonyl (C=O) groups is 1. The predicted molar refractivity (Wildman–Crippen MR) is 81.2 cm³/mol. The highest BCUT2D eigenvalue weighted by atomic mass is 16.5. The molecule has 1 heterocycles. The third-order valence-electron chi connectivity index (χ3n) is 3.73. The van der Waals surface area contributed by atoms with Crippen molar-refractivity contribution in [1.82, 2.24) is 4.90 Å². The molecule has 1 fully saturated rings. The van der Waals surface area contributed by atoms with Crippen molar-refractivity contribution in [3.8, 4) is 5.75 Å². The van der Waals surface area contributed by atoms with Gasteiger partial charge in [0.05, 0.1) is 13.2 Å². The molecular formula is C16H24N2O3. The molecule has 1 saturated heterocycles. The first kappa shape index (κ1) is 15.8. The molecule has 0 spiro atoms. The van der Waals surface area contributed by atoms with E-state index in [2.05, 4.69) is 0 Å². The van der Waals surface area contributed by atoms with Gasteiger partial charge in [-0.3, -0.25) is 4.79 Å². The van der Waals surface area contributed by atoms with E-state index in [1.165, 1.54) is 0 Å². The highest BCUT2D eigenvalue weighted by molar-refractivity contribution is 5.81. The highest BCUT2D eigenvalue weighted by Crippen LogP contribution is 2.26. The number of morpholine rings is 1. The van der Waals surface area contributed by atoms with Crippen molar-refractivity contribution in [2.45, 2.75) is 32.4 Å². The van der Waals surface area contributed by atoms with Gasteiger partial charge in [-0.2, -0.15) is 0 Å². The van der Waals surface area contributed by atoms with Gasteiger partial charge in [0, 0.05) is 24.7 Å². The Balaban J connectivity index is 2.05. The van der Waals surface area contributed by atoms with Crippen molar-refractivity contribution in [2.24, 2.45) is 5.73 Å². The summed E-state index contributed by atoms with van der Waals surface area (Å²) in [5.74, 6) is 0.694. The SMILES string of the molecule is CC[C@H](N)c1ccccc1OC(C)C(=O)N1CCOCC1. The Morgan fingerprint density at radius 1 is 1.38 bits per heavy atom. The van der Waals surface area contributed by atoms with Crippen LogP contribution >= 0.6 is 0 Å². The Kier molecular flexibility index (Phi) is 5.59. The first-order valence-electron chi connectivity index (χ1n) is 7.51. The number of rotatable bonds is 5. The van der Waals surface area contributed by atoms with Crippen LogP contribution in [0.1, 0.15) is 31.9 Å². The summed E-state index contributed by atoms with van der Waals surface area (Å²) in [6.45, 7) is 6.26. The molecule has 0 radical (unpaired) electrons. The summed E-state index contributed by atoms with van der Waals surface area (Å²) in [6.07, 6.45) is 0.305.